The van der Waals surface area contributed by atoms with Crippen LogP contribution in [0.1, 0.15) is 47.0 Å². The monoisotopic (exact) mass is 238 g/mol. The molecule has 2 fully saturated rings. The fourth-order valence-corrected chi connectivity index (χ4v) is 3.81. The van der Waals surface area contributed by atoms with Crippen molar-refractivity contribution in [3.8, 4) is 0 Å². The fourth-order valence-electron chi connectivity index (χ4n) is 3.81. The van der Waals surface area contributed by atoms with Crippen molar-refractivity contribution in [2.24, 2.45) is 17.8 Å². The lowest BCUT2D eigenvalue weighted by Gasteiger charge is -2.43. The zero-order valence-corrected chi connectivity index (χ0v) is 12.1. The molecule has 5 unspecified atom stereocenters. The molecule has 0 radical (unpaired) electrons. The summed E-state index contributed by atoms with van der Waals surface area (Å²) in [4.78, 5) is 2.77. The molecule has 0 aliphatic carbocycles. The second kappa shape index (κ2) is 5.71. The lowest BCUT2D eigenvalue weighted by atomic mass is 9.84. The van der Waals surface area contributed by atoms with Gasteiger partial charge >= 0.3 is 0 Å². The molecule has 5 atom stereocenters. The average Bonchev–Trinajstić information content (AvgIpc) is 2.25. The van der Waals surface area contributed by atoms with Crippen LogP contribution in [0.4, 0.5) is 0 Å². The number of hydrogen-bond donors (Lipinski definition) is 1. The molecule has 2 nitrogen and oxygen atoms in total. The van der Waals surface area contributed by atoms with E-state index in [1.54, 1.807) is 0 Å². The van der Waals surface area contributed by atoms with E-state index in [4.69, 9.17) is 0 Å². The molecule has 2 aliphatic rings. The summed E-state index contributed by atoms with van der Waals surface area (Å²) in [5, 5.41) is 3.56. The highest BCUT2D eigenvalue weighted by Gasteiger charge is 2.31. The van der Waals surface area contributed by atoms with Crippen molar-refractivity contribution in [3.05, 3.63) is 0 Å². The van der Waals surface area contributed by atoms with E-state index in [9.17, 15) is 0 Å². The van der Waals surface area contributed by atoms with E-state index < -0.39 is 0 Å². The first-order valence-electron chi connectivity index (χ1n) is 7.53. The van der Waals surface area contributed by atoms with Crippen LogP contribution in [0.5, 0.6) is 0 Å². The number of piperidine rings is 2. The molecule has 1 N–H and O–H groups in total. The molecule has 0 aromatic carbocycles. The van der Waals surface area contributed by atoms with Crippen LogP contribution in [-0.4, -0.2) is 36.6 Å². The van der Waals surface area contributed by atoms with E-state index in [-0.39, 0.29) is 0 Å². The Kier molecular flexibility index (Phi) is 4.48. The van der Waals surface area contributed by atoms with Crippen LogP contribution in [0.25, 0.3) is 0 Å². The zero-order chi connectivity index (χ0) is 12.4. The van der Waals surface area contributed by atoms with Crippen LogP contribution < -0.4 is 5.32 Å². The lowest BCUT2D eigenvalue weighted by molar-refractivity contribution is 0.0570. The topological polar surface area (TPSA) is 15.3 Å². The summed E-state index contributed by atoms with van der Waals surface area (Å²) in [7, 11) is 0. The van der Waals surface area contributed by atoms with Crippen LogP contribution in [-0.2, 0) is 0 Å². The lowest BCUT2D eigenvalue weighted by Crippen LogP contribution is -2.49. The van der Waals surface area contributed by atoms with E-state index >= 15 is 0 Å². The summed E-state index contributed by atoms with van der Waals surface area (Å²) in [5.41, 5.74) is 0. The Morgan fingerprint density at radius 3 is 2.59 bits per heavy atom. The molecule has 0 spiro atoms. The van der Waals surface area contributed by atoms with Crippen molar-refractivity contribution in [2.45, 2.75) is 59.0 Å². The largest absolute Gasteiger partial charge is 0.314 e. The molecular weight excluding hydrogens is 208 g/mol. The van der Waals surface area contributed by atoms with Crippen molar-refractivity contribution < 1.29 is 0 Å². The van der Waals surface area contributed by atoms with Gasteiger partial charge in [-0.25, -0.2) is 0 Å². The fraction of sp³-hybridized carbons (Fsp3) is 1.00. The molecule has 2 heterocycles. The Morgan fingerprint density at radius 1 is 1.12 bits per heavy atom. The first-order valence-corrected chi connectivity index (χ1v) is 7.53. The van der Waals surface area contributed by atoms with Crippen molar-refractivity contribution in [2.75, 3.05) is 19.6 Å². The highest BCUT2D eigenvalue weighted by atomic mass is 15.2. The predicted molar refractivity (Wildman–Crippen MR) is 74.2 cm³/mol. The van der Waals surface area contributed by atoms with Gasteiger partial charge in [-0.15, -0.1) is 0 Å². The summed E-state index contributed by atoms with van der Waals surface area (Å²) in [6.07, 6.45) is 4.16. The van der Waals surface area contributed by atoms with E-state index in [0.29, 0.717) is 0 Å². The van der Waals surface area contributed by atoms with Crippen LogP contribution in [0.2, 0.25) is 0 Å². The van der Waals surface area contributed by atoms with Crippen molar-refractivity contribution in [1.82, 2.24) is 10.2 Å². The Bertz CT molecular complexity index is 241. The maximum atomic E-state index is 3.56. The third kappa shape index (κ3) is 3.45. The second-order valence-electron chi connectivity index (χ2n) is 6.76. The summed E-state index contributed by atoms with van der Waals surface area (Å²) >= 11 is 0. The molecule has 2 aliphatic heterocycles. The van der Waals surface area contributed by atoms with Crippen molar-refractivity contribution in [1.29, 1.82) is 0 Å². The SMILES string of the molecule is CC1CC(C)C(C)N(CC2CCNC(C)C2)C1. The molecule has 0 bridgehead atoms. The first-order chi connectivity index (χ1) is 8.06. The number of nitrogens with zero attached hydrogens (tertiary/aromatic N) is 1. The van der Waals surface area contributed by atoms with Crippen LogP contribution in [0.3, 0.4) is 0 Å². The highest BCUT2D eigenvalue weighted by molar-refractivity contribution is 4.85. The molecule has 0 aromatic heterocycles. The van der Waals surface area contributed by atoms with E-state index in [1.807, 2.05) is 0 Å². The van der Waals surface area contributed by atoms with Gasteiger partial charge in [-0.05, 0) is 57.4 Å². The van der Waals surface area contributed by atoms with Gasteiger partial charge in [0.15, 0.2) is 0 Å². The Labute approximate surface area is 107 Å². The van der Waals surface area contributed by atoms with Crippen molar-refractivity contribution >= 4 is 0 Å². The average molecular weight is 238 g/mol. The molecule has 17 heavy (non-hydrogen) atoms. The standard InChI is InChI=1S/C15H30N2/c1-11-7-12(2)14(4)17(9-11)10-15-5-6-16-13(3)8-15/h11-16H,5-10H2,1-4H3. The third-order valence-electron chi connectivity index (χ3n) is 4.94. The minimum atomic E-state index is 0.726. The third-order valence-corrected chi connectivity index (χ3v) is 4.94. The first kappa shape index (κ1) is 13.4. The Morgan fingerprint density at radius 2 is 1.88 bits per heavy atom. The highest BCUT2D eigenvalue weighted by Crippen LogP contribution is 2.29. The maximum absolute atomic E-state index is 3.56. The molecular formula is C15H30N2. The van der Waals surface area contributed by atoms with Gasteiger partial charge in [0, 0.05) is 25.2 Å². The van der Waals surface area contributed by atoms with Gasteiger partial charge in [-0.2, -0.15) is 0 Å². The van der Waals surface area contributed by atoms with Gasteiger partial charge in [-0.3, -0.25) is 4.90 Å². The van der Waals surface area contributed by atoms with Gasteiger partial charge in [0.05, 0.1) is 0 Å². The van der Waals surface area contributed by atoms with Crippen LogP contribution in [0, 0.1) is 17.8 Å². The minimum Gasteiger partial charge on any atom is -0.314 e. The van der Waals surface area contributed by atoms with E-state index in [2.05, 4.69) is 37.9 Å². The van der Waals surface area contributed by atoms with Gasteiger partial charge in [-0.1, -0.05) is 13.8 Å². The van der Waals surface area contributed by atoms with Crippen LogP contribution >= 0.6 is 0 Å². The zero-order valence-electron chi connectivity index (χ0n) is 12.1. The predicted octanol–water partition coefficient (Wildman–Crippen LogP) is 2.74. The molecule has 2 rings (SSSR count). The number of hydrogen-bond acceptors (Lipinski definition) is 2. The Hall–Kier alpha value is -0.0800. The minimum absolute atomic E-state index is 0.726. The van der Waals surface area contributed by atoms with E-state index in [1.165, 1.54) is 38.9 Å². The second-order valence-corrected chi connectivity index (χ2v) is 6.76. The molecule has 0 aromatic rings. The van der Waals surface area contributed by atoms with E-state index in [0.717, 1.165) is 29.8 Å². The molecule has 0 amide bonds. The van der Waals surface area contributed by atoms with Gasteiger partial charge in [0.1, 0.15) is 0 Å². The number of likely N-dealkylation sites (tertiary alicyclic amines) is 1. The van der Waals surface area contributed by atoms with Gasteiger partial charge in [0.25, 0.3) is 0 Å². The number of nitrogens with one attached hydrogen (secondary N) is 1. The molecule has 2 saturated heterocycles. The molecule has 100 valence electrons. The number of rotatable bonds is 2. The van der Waals surface area contributed by atoms with Gasteiger partial charge < -0.3 is 5.32 Å². The maximum Gasteiger partial charge on any atom is 0.00928 e. The normalized spacial score (nSPS) is 44.8. The summed E-state index contributed by atoms with van der Waals surface area (Å²) < 4.78 is 0. The summed E-state index contributed by atoms with van der Waals surface area (Å²) in [6, 6.07) is 1.51. The molecule has 0 saturated carbocycles. The molecule has 2 heteroatoms. The summed E-state index contributed by atoms with van der Waals surface area (Å²) in [5.74, 6) is 2.68. The smallest absolute Gasteiger partial charge is 0.00928 e. The van der Waals surface area contributed by atoms with Gasteiger partial charge in [0.2, 0.25) is 0 Å². The van der Waals surface area contributed by atoms with Crippen molar-refractivity contribution in [3.63, 3.8) is 0 Å². The Balaban J connectivity index is 1.88. The van der Waals surface area contributed by atoms with Crippen LogP contribution in [0.15, 0.2) is 0 Å². The quantitative estimate of drug-likeness (QED) is 0.796. The summed E-state index contributed by atoms with van der Waals surface area (Å²) in [6.45, 7) is 13.5.